The number of hydrogen-bond acceptors (Lipinski definition) is 4. The molecule has 2 atom stereocenters. The maximum atomic E-state index is 6.89. The van der Waals surface area contributed by atoms with Gasteiger partial charge in [-0.15, -0.1) is 0 Å². The predicted molar refractivity (Wildman–Crippen MR) is 260 cm³/mol. The number of anilines is 6. The summed E-state index contributed by atoms with van der Waals surface area (Å²) in [6.07, 6.45) is 8.69. The van der Waals surface area contributed by atoms with E-state index in [9.17, 15) is 0 Å². The van der Waals surface area contributed by atoms with Crippen molar-refractivity contribution in [3.63, 3.8) is 0 Å². The van der Waals surface area contributed by atoms with Crippen LogP contribution in [0.5, 0.6) is 5.75 Å². The topological polar surface area (TPSA) is 28.9 Å². The summed E-state index contributed by atoms with van der Waals surface area (Å²) in [6, 6.07) is 57.6. The SMILES string of the molecule is CC(C)c1cc(N(c2ccccc2)c2cccc3c2OC2C=CC=CC32)c2ccc3c(C(C)C)cc(N(c4ccccc4)c4cccc5c4oc4ccccc45)c4ccc1c2c34. The number of hydrogen-bond donors (Lipinski definition) is 0. The van der Waals surface area contributed by atoms with Crippen LogP contribution < -0.4 is 14.5 Å². The Kier molecular flexibility index (Phi) is 8.33. The first-order valence-electron chi connectivity index (χ1n) is 22.0. The minimum absolute atomic E-state index is 0.0211. The summed E-state index contributed by atoms with van der Waals surface area (Å²) in [4.78, 5) is 4.88. The lowest BCUT2D eigenvalue weighted by Crippen LogP contribution is -2.16. The molecule has 0 amide bonds. The van der Waals surface area contributed by atoms with Crippen LogP contribution in [0.2, 0.25) is 0 Å². The molecule has 1 aliphatic carbocycles. The third-order valence-electron chi connectivity index (χ3n) is 13.3. The molecule has 2 aliphatic rings. The molecule has 4 heteroatoms. The van der Waals surface area contributed by atoms with E-state index in [0.29, 0.717) is 0 Å². The number of benzene rings is 9. The minimum atomic E-state index is -0.0211. The Labute approximate surface area is 361 Å². The molecule has 1 aliphatic heterocycles. The van der Waals surface area contributed by atoms with Gasteiger partial charge in [0.05, 0.1) is 22.7 Å². The number of ether oxygens (including phenoxy) is 1. The van der Waals surface area contributed by atoms with E-state index in [2.05, 4.69) is 213 Å². The van der Waals surface area contributed by atoms with Gasteiger partial charge < -0.3 is 19.0 Å². The van der Waals surface area contributed by atoms with Crippen LogP contribution in [0.4, 0.5) is 34.1 Å². The van der Waals surface area contributed by atoms with E-state index in [0.717, 1.165) is 61.8 Å². The van der Waals surface area contributed by atoms with Crippen LogP contribution in [0.1, 0.15) is 62.1 Å². The first kappa shape index (κ1) is 36.5. The van der Waals surface area contributed by atoms with Crippen LogP contribution in [0.15, 0.2) is 186 Å². The molecule has 300 valence electrons. The molecule has 0 spiro atoms. The van der Waals surface area contributed by atoms with Crippen LogP contribution in [-0.4, -0.2) is 6.10 Å². The molecule has 0 fully saturated rings. The first-order valence-corrected chi connectivity index (χ1v) is 22.0. The second kappa shape index (κ2) is 14.1. The van der Waals surface area contributed by atoms with Crippen molar-refractivity contribution < 1.29 is 9.15 Å². The quantitative estimate of drug-likeness (QED) is 0.143. The Morgan fingerprint density at radius 3 is 1.63 bits per heavy atom. The summed E-state index contributed by atoms with van der Waals surface area (Å²) in [5.41, 5.74) is 12.1. The number of rotatable bonds is 8. The highest BCUT2D eigenvalue weighted by Crippen LogP contribution is 2.55. The van der Waals surface area contributed by atoms with Crippen LogP contribution in [0, 0.1) is 0 Å². The Balaban J connectivity index is 1.18. The fraction of sp³-hybridized carbons (Fsp3) is 0.138. The van der Waals surface area contributed by atoms with Crippen molar-refractivity contribution in [2.45, 2.75) is 51.6 Å². The molecule has 1 aromatic heterocycles. The second-order valence-corrected chi connectivity index (χ2v) is 17.5. The molecule has 12 rings (SSSR count). The smallest absolute Gasteiger partial charge is 0.159 e. The number of allylic oxidation sites excluding steroid dienone is 2. The lowest BCUT2D eigenvalue weighted by atomic mass is 9.84. The molecule has 0 bridgehead atoms. The second-order valence-electron chi connectivity index (χ2n) is 17.5. The Morgan fingerprint density at radius 2 is 0.984 bits per heavy atom. The standard InChI is InChI=1S/C58H46N2O2/c1-35(2)47-33-51(59(37-17-7-5-8-18-37)49-25-15-23-43-39-21-11-13-27-53(39)61-57(43)49)45-32-30-42-48(36(3)4)34-52(46-31-29-41(47)55(45)56(42)46)60(38-19-9-6-10-20-38)50-26-16-24-44-40-22-12-14-28-54(40)62-58(44)50/h5-36,39,53H,1-4H3. The molecule has 0 saturated heterocycles. The van der Waals surface area contributed by atoms with Gasteiger partial charge in [0.25, 0.3) is 0 Å². The van der Waals surface area contributed by atoms with E-state index in [4.69, 9.17) is 9.15 Å². The largest absolute Gasteiger partial charge is 0.483 e. The zero-order valence-electron chi connectivity index (χ0n) is 35.3. The summed E-state index contributed by atoms with van der Waals surface area (Å²) in [7, 11) is 0. The van der Waals surface area contributed by atoms with Crippen molar-refractivity contribution in [2.24, 2.45) is 0 Å². The predicted octanol–water partition coefficient (Wildman–Crippen LogP) is 16.6. The summed E-state index contributed by atoms with van der Waals surface area (Å²) in [6.45, 7) is 9.29. The van der Waals surface area contributed by atoms with Gasteiger partial charge in [-0.05, 0) is 105 Å². The van der Waals surface area contributed by atoms with Crippen molar-refractivity contribution in [2.75, 3.05) is 9.80 Å². The highest BCUT2D eigenvalue weighted by atomic mass is 16.5. The van der Waals surface area contributed by atoms with Gasteiger partial charge in [0.2, 0.25) is 0 Å². The highest BCUT2D eigenvalue weighted by molar-refractivity contribution is 6.30. The van der Waals surface area contributed by atoms with Crippen molar-refractivity contribution in [1.29, 1.82) is 0 Å². The number of fused-ring (bicyclic) bond motifs is 6. The first-order chi connectivity index (χ1) is 30.4. The van der Waals surface area contributed by atoms with Crippen molar-refractivity contribution in [3.05, 3.63) is 199 Å². The van der Waals surface area contributed by atoms with Gasteiger partial charge in [0.15, 0.2) is 5.58 Å². The molecule has 2 unspecified atom stereocenters. The molecule has 9 aromatic carbocycles. The molecule has 0 saturated carbocycles. The fourth-order valence-electron chi connectivity index (χ4n) is 10.4. The normalized spacial score (nSPS) is 15.7. The Bertz CT molecular complexity index is 3410. The van der Waals surface area contributed by atoms with E-state index in [1.165, 1.54) is 49.0 Å². The van der Waals surface area contributed by atoms with Gasteiger partial charge in [-0.2, -0.15) is 0 Å². The lowest BCUT2D eigenvalue weighted by molar-refractivity contribution is 0.269. The average Bonchev–Trinajstić information content (AvgIpc) is 3.89. The summed E-state index contributed by atoms with van der Waals surface area (Å²) in [5, 5.41) is 9.78. The fourth-order valence-corrected chi connectivity index (χ4v) is 10.4. The lowest BCUT2D eigenvalue weighted by Gasteiger charge is -2.32. The third-order valence-corrected chi connectivity index (χ3v) is 13.3. The number of furan rings is 1. The van der Waals surface area contributed by atoms with E-state index in [1.54, 1.807) is 0 Å². The zero-order chi connectivity index (χ0) is 41.6. The van der Waals surface area contributed by atoms with Gasteiger partial charge in [-0.3, -0.25) is 0 Å². The van der Waals surface area contributed by atoms with E-state index in [-0.39, 0.29) is 23.9 Å². The third kappa shape index (κ3) is 5.45. The van der Waals surface area contributed by atoms with Crippen LogP contribution in [0.25, 0.3) is 54.3 Å². The van der Waals surface area contributed by atoms with E-state index in [1.807, 2.05) is 6.07 Å². The maximum absolute atomic E-state index is 6.89. The van der Waals surface area contributed by atoms with E-state index < -0.39 is 0 Å². The van der Waals surface area contributed by atoms with Crippen molar-refractivity contribution in [1.82, 2.24) is 0 Å². The molecule has 0 N–H and O–H groups in total. The molecule has 62 heavy (non-hydrogen) atoms. The Morgan fingerprint density at radius 1 is 0.452 bits per heavy atom. The highest BCUT2D eigenvalue weighted by Gasteiger charge is 2.36. The molecule has 0 radical (unpaired) electrons. The molecule has 10 aromatic rings. The van der Waals surface area contributed by atoms with Crippen molar-refractivity contribution >= 4 is 88.4 Å². The van der Waals surface area contributed by atoms with Crippen LogP contribution in [-0.2, 0) is 0 Å². The minimum Gasteiger partial charge on any atom is -0.483 e. The molecular weight excluding hydrogens is 757 g/mol. The van der Waals surface area contributed by atoms with Crippen LogP contribution >= 0.6 is 0 Å². The van der Waals surface area contributed by atoms with Gasteiger partial charge in [0.1, 0.15) is 17.4 Å². The molecular formula is C58H46N2O2. The molecule has 2 heterocycles. The van der Waals surface area contributed by atoms with Crippen LogP contribution in [0.3, 0.4) is 0 Å². The van der Waals surface area contributed by atoms with Gasteiger partial charge >= 0.3 is 0 Å². The van der Waals surface area contributed by atoms with Gasteiger partial charge in [-0.25, -0.2) is 0 Å². The van der Waals surface area contributed by atoms with Gasteiger partial charge in [-0.1, -0.05) is 149 Å². The maximum Gasteiger partial charge on any atom is 0.159 e. The number of para-hydroxylation sites is 5. The molecule has 4 nitrogen and oxygen atoms in total. The summed E-state index contributed by atoms with van der Waals surface area (Å²) < 4.78 is 13.7. The number of nitrogens with zero attached hydrogens (tertiary/aromatic N) is 2. The van der Waals surface area contributed by atoms with E-state index >= 15 is 0 Å². The summed E-state index contributed by atoms with van der Waals surface area (Å²) >= 11 is 0. The zero-order valence-corrected chi connectivity index (χ0v) is 35.3. The Hall–Kier alpha value is -7.30. The van der Waals surface area contributed by atoms with Crippen molar-refractivity contribution in [3.8, 4) is 5.75 Å². The van der Waals surface area contributed by atoms with Gasteiger partial charge in [0, 0.05) is 44.4 Å². The summed E-state index contributed by atoms with van der Waals surface area (Å²) in [5.74, 6) is 1.66. The monoisotopic (exact) mass is 802 g/mol. The average molecular weight is 803 g/mol.